The fourth-order valence-electron chi connectivity index (χ4n) is 3.48. The summed E-state index contributed by atoms with van der Waals surface area (Å²) < 4.78 is 0. The highest BCUT2D eigenvalue weighted by molar-refractivity contribution is 5.40. The number of fused-ring (bicyclic) bond motifs is 1. The molecule has 0 saturated carbocycles. The monoisotopic (exact) mass is 278 g/mol. The molecule has 2 aliphatic carbocycles. The zero-order chi connectivity index (χ0) is 14.9. The van der Waals surface area contributed by atoms with E-state index in [1.165, 1.54) is 12.8 Å². The lowest BCUT2D eigenvalue weighted by molar-refractivity contribution is 0.177. The summed E-state index contributed by atoms with van der Waals surface area (Å²) in [7, 11) is 0. The van der Waals surface area contributed by atoms with Gasteiger partial charge >= 0.3 is 0 Å². The molecule has 21 heavy (non-hydrogen) atoms. The highest BCUT2D eigenvalue weighted by atomic mass is 16.3. The van der Waals surface area contributed by atoms with Gasteiger partial charge in [0.15, 0.2) is 0 Å². The maximum absolute atomic E-state index is 9.35. The Morgan fingerprint density at radius 1 is 1.14 bits per heavy atom. The quantitative estimate of drug-likeness (QED) is 0.545. The molecule has 0 aliphatic heterocycles. The summed E-state index contributed by atoms with van der Waals surface area (Å²) in [5, 5.41) is 9.35. The van der Waals surface area contributed by atoms with Crippen molar-refractivity contribution in [3.05, 3.63) is 54.1 Å². The van der Waals surface area contributed by atoms with Crippen LogP contribution in [0, 0.1) is 35.0 Å². The van der Waals surface area contributed by atoms with Gasteiger partial charge in [-0.3, -0.25) is 0 Å². The van der Waals surface area contributed by atoms with Crippen LogP contribution in [0.2, 0.25) is 0 Å². The molecule has 1 aromatic rings. The summed E-state index contributed by atoms with van der Waals surface area (Å²) in [6, 6.07) is 7.15. The first kappa shape index (κ1) is 14.0. The van der Waals surface area contributed by atoms with Crippen molar-refractivity contribution in [1.82, 2.24) is 0 Å². The van der Waals surface area contributed by atoms with Crippen LogP contribution in [-0.4, -0.2) is 5.11 Å². The van der Waals surface area contributed by atoms with Crippen molar-refractivity contribution in [2.45, 2.75) is 26.7 Å². The fraction of sp³-hybridized carbons (Fsp3) is 0.400. The highest BCUT2D eigenvalue weighted by Gasteiger charge is 2.42. The number of hydrogen-bond acceptors (Lipinski definition) is 1. The molecule has 1 nitrogen and oxygen atoms in total. The molecule has 108 valence electrons. The van der Waals surface area contributed by atoms with Crippen LogP contribution in [0.5, 0.6) is 5.75 Å². The lowest BCUT2D eigenvalue weighted by atomic mass is 9.59. The molecule has 0 amide bonds. The second-order valence-corrected chi connectivity index (χ2v) is 6.45. The van der Waals surface area contributed by atoms with E-state index >= 15 is 0 Å². The minimum absolute atomic E-state index is 0.0196. The Bertz CT molecular complexity index is 626. The Morgan fingerprint density at radius 2 is 1.90 bits per heavy atom. The Hall–Kier alpha value is -1.94. The Labute approximate surface area is 127 Å². The van der Waals surface area contributed by atoms with Crippen molar-refractivity contribution in [3.63, 3.8) is 0 Å². The van der Waals surface area contributed by atoms with Crippen molar-refractivity contribution >= 4 is 0 Å². The first-order valence-electron chi connectivity index (χ1n) is 7.77. The number of phenols is 1. The molecule has 0 heterocycles. The van der Waals surface area contributed by atoms with Gasteiger partial charge in [0, 0.05) is 11.0 Å². The predicted octanol–water partition coefficient (Wildman–Crippen LogP) is 4.54. The Morgan fingerprint density at radius 3 is 2.67 bits per heavy atom. The molecule has 1 N–H and O–H groups in total. The smallest absolute Gasteiger partial charge is 0.115 e. The van der Waals surface area contributed by atoms with Crippen LogP contribution in [0.1, 0.15) is 32.3 Å². The van der Waals surface area contributed by atoms with E-state index in [1.807, 2.05) is 12.1 Å². The van der Waals surface area contributed by atoms with Gasteiger partial charge < -0.3 is 5.11 Å². The Balaban J connectivity index is 1.95. The van der Waals surface area contributed by atoms with Crippen LogP contribution in [-0.2, 0) is 0 Å². The van der Waals surface area contributed by atoms with Crippen molar-refractivity contribution in [2.24, 2.45) is 23.2 Å². The van der Waals surface area contributed by atoms with E-state index in [0.29, 0.717) is 17.8 Å². The van der Waals surface area contributed by atoms with E-state index in [-0.39, 0.29) is 11.2 Å². The van der Waals surface area contributed by atoms with E-state index in [4.69, 9.17) is 0 Å². The molecule has 0 bridgehead atoms. The molecule has 2 aliphatic rings. The number of allylic oxidation sites excluding steroid dienone is 4. The maximum Gasteiger partial charge on any atom is 0.115 e. The molecule has 4 atom stereocenters. The van der Waals surface area contributed by atoms with Gasteiger partial charge in [-0.15, -0.1) is 0 Å². The molecular weight excluding hydrogens is 256 g/mol. The molecule has 0 radical (unpaired) electrons. The lowest BCUT2D eigenvalue weighted by Gasteiger charge is -2.44. The normalized spacial score (nSPS) is 33.9. The third-order valence-electron chi connectivity index (χ3n) is 5.10. The molecule has 0 spiro atoms. The van der Waals surface area contributed by atoms with Gasteiger partial charge in [0.05, 0.1) is 0 Å². The van der Waals surface area contributed by atoms with Gasteiger partial charge in [-0.05, 0) is 61.8 Å². The topological polar surface area (TPSA) is 20.2 Å². The second-order valence-electron chi connectivity index (χ2n) is 6.45. The van der Waals surface area contributed by atoms with Crippen LogP contribution in [0.25, 0.3) is 0 Å². The number of rotatable bonds is 0. The third kappa shape index (κ3) is 2.63. The lowest BCUT2D eigenvalue weighted by Crippen LogP contribution is -2.39. The Kier molecular flexibility index (Phi) is 3.64. The molecule has 4 unspecified atom stereocenters. The summed E-state index contributed by atoms with van der Waals surface area (Å²) in [6.07, 6.45) is 11.8. The maximum atomic E-state index is 9.35. The SMILES string of the molecule is CC1C=CC2CCC=CC2C1(C)C#Cc1ccc(O)cc1. The van der Waals surface area contributed by atoms with Crippen molar-refractivity contribution in [2.75, 3.05) is 0 Å². The second kappa shape index (κ2) is 5.45. The summed E-state index contributed by atoms with van der Waals surface area (Å²) >= 11 is 0. The first-order valence-corrected chi connectivity index (χ1v) is 7.77. The fourth-order valence-corrected chi connectivity index (χ4v) is 3.48. The van der Waals surface area contributed by atoms with Crippen LogP contribution in [0.3, 0.4) is 0 Å². The van der Waals surface area contributed by atoms with Gasteiger partial charge in [0.25, 0.3) is 0 Å². The van der Waals surface area contributed by atoms with E-state index in [2.05, 4.69) is 50.0 Å². The summed E-state index contributed by atoms with van der Waals surface area (Å²) in [5.41, 5.74) is 0.945. The molecule has 0 saturated heterocycles. The van der Waals surface area contributed by atoms with Crippen LogP contribution in [0.4, 0.5) is 0 Å². The summed E-state index contributed by atoms with van der Waals surface area (Å²) in [6.45, 7) is 4.56. The molecule has 0 fully saturated rings. The van der Waals surface area contributed by atoms with Gasteiger partial charge in [-0.2, -0.15) is 0 Å². The minimum atomic E-state index is -0.0196. The van der Waals surface area contributed by atoms with Gasteiger partial charge in [-0.1, -0.05) is 43.1 Å². The standard InChI is InChI=1S/C20H22O/c1-15-7-10-17-5-3-4-6-19(17)20(15,2)14-13-16-8-11-18(21)12-9-16/h4,6-12,15,17,19,21H,3,5H2,1-2H3. The number of phenolic OH excluding ortho intramolecular Hbond substituents is 1. The van der Waals surface area contributed by atoms with E-state index < -0.39 is 0 Å². The van der Waals surface area contributed by atoms with Crippen molar-refractivity contribution in [1.29, 1.82) is 0 Å². The van der Waals surface area contributed by atoms with Gasteiger partial charge in [0.1, 0.15) is 5.75 Å². The first-order chi connectivity index (χ1) is 10.1. The highest BCUT2D eigenvalue weighted by Crippen LogP contribution is 2.48. The van der Waals surface area contributed by atoms with Crippen LogP contribution >= 0.6 is 0 Å². The predicted molar refractivity (Wildman–Crippen MR) is 86.7 cm³/mol. The zero-order valence-electron chi connectivity index (χ0n) is 12.7. The number of aromatic hydroxyl groups is 1. The molecule has 3 rings (SSSR count). The van der Waals surface area contributed by atoms with E-state index in [1.54, 1.807) is 12.1 Å². The van der Waals surface area contributed by atoms with Gasteiger partial charge in [0.2, 0.25) is 0 Å². The molecular formula is C20H22O. The largest absolute Gasteiger partial charge is 0.508 e. The minimum Gasteiger partial charge on any atom is -0.508 e. The molecule has 0 aromatic heterocycles. The van der Waals surface area contributed by atoms with Crippen LogP contribution < -0.4 is 0 Å². The third-order valence-corrected chi connectivity index (χ3v) is 5.10. The summed E-state index contributed by atoms with van der Waals surface area (Å²) in [4.78, 5) is 0. The van der Waals surface area contributed by atoms with Gasteiger partial charge in [-0.25, -0.2) is 0 Å². The number of hydrogen-bond donors (Lipinski definition) is 1. The molecule has 1 heteroatoms. The average Bonchev–Trinajstić information content (AvgIpc) is 2.51. The van der Waals surface area contributed by atoms with Crippen molar-refractivity contribution < 1.29 is 5.11 Å². The zero-order valence-corrected chi connectivity index (χ0v) is 12.7. The van der Waals surface area contributed by atoms with Crippen molar-refractivity contribution in [3.8, 4) is 17.6 Å². The van der Waals surface area contributed by atoms with Crippen LogP contribution in [0.15, 0.2) is 48.6 Å². The summed E-state index contributed by atoms with van der Waals surface area (Å²) in [5.74, 6) is 8.74. The van der Waals surface area contributed by atoms with E-state index in [9.17, 15) is 5.11 Å². The van der Waals surface area contributed by atoms with E-state index in [0.717, 1.165) is 5.56 Å². The molecule has 1 aromatic carbocycles. The number of benzene rings is 1. The average molecular weight is 278 g/mol.